The van der Waals surface area contributed by atoms with Crippen LogP contribution in [0.1, 0.15) is 46.1 Å². The number of carbonyl (C=O) groups excluding carboxylic acids is 2. The molecule has 8 nitrogen and oxygen atoms in total. The molecule has 1 aromatic heterocycles. The molecular weight excluding hydrogens is 562 g/mol. The second kappa shape index (κ2) is 12.1. The van der Waals surface area contributed by atoms with Crippen molar-refractivity contribution in [3.8, 4) is 11.1 Å². The van der Waals surface area contributed by atoms with Gasteiger partial charge in [0, 0.05) is 29.4 Å². The highest BCUT2D eigenvalue weighted by molar-refractivity contribution is 7.90. The van der Waals surface area contributed by atoms with E-state index in [4.69, 9.17) is 0 Å². The zero-order valence-electron chi connectivity index (χ0n) is 22.6. The molecule has 0 aliphatic heterocycles. The van der Waals surface area contributed by atoms with Gasteiger partial charge < -0.3 is 10.6 Å². The van der Waals surface area contributed by atoms with Gasteiger partial charge >= 0.3 is 6.03 Å². The predicted molar refractivity (Wildman–Crippen MR) is 153 cm³/mol. The van der Waals surface area contributed by atoms with Gasteiger partial charge in [0.1, 0.15) is 11.6 Å². The molecule has 3 aromatic carbocycles. The van der Waals surface area contributed by atoms with Crippen LogP contribution in [-0.2, 0) is 16.4 Å². The maximum absolute atomic E-state index is 14.1. The molecule has 0 spiro atoms. The zero-order valence-corrected chi connectivity index (χ0v) is 23.4. The third-order valence-electron chi connectivity index (χ3n) is 6.79. The van der Waals surface area contributed by atoms with E-state index in [1.54, 1.807) is 61.5 Å². The molecule has 3 amide bonds. The maximum atomic E-state index is 14.1. The number of aryl methyl sites for hydroxylation is 1. The van der Waals surface area contributed by atoms with E-state index >= 15 is 0 Å². The molecule has 11 heteroatoms. The summed E-state index contributed by atoms with van der Waals surface area (Å²) in [4.78, 5) is 30.2. The molecule has 0 bridgehead atoms. The summed E-state index contributed by atoms with van der Waals surface area (Å²) in [5, 5.41) is 5.58. The van der Waals surface area contributed by atoms with E-state index in [1.165, 1.54) is 12.3 Å². The van der Waals surface area contributed by atoms with Gasteiger partial charge in [0.25, 0.3) is 15.9 Å². The summed E-state index contributed by atoms with van der Waals surface area (Å²) in [7, 11) is -4.23. The number of sulfonamides is 1. The third kappa shape index (κ3) is 6.98. The monoisotopic (exact) mass is 590 g/mol. The van der Waals surface area contributed by atoms with Crippen molar-refractivity contribution in [3.63, 3.8) is 0 Å². The standard InChI is InChI=1S/C31H28F2N4O4S/c1-19-6-2-3-10-28(19)42(40,41)37-31(39)36-27(16-20-14-23(32)18-24(33)15-20)29-26(9-5-13-34-29)21-7-4-8-22(17-21)30(38)35-25-11-12-25/h2-10,13-15,17-18,25,27H,11-12,16H2,1H3,(H,35,38)(H2,36,37,39)/t27-/m0/s1. The topological polar surface area (TPSA) is 117 Å². The molecule has 0 unspecified atom stereocenters. The van der Waals surface area contributed by atoms with E-state index in [0.717, 1.165) is 31.0 Å². The Morgan fingerprint density at radius 2 is 1.69 bits per heavy atom. The first-order valence-corrected chi connectivity index (χ1v) is 14.8. The summed E-state index contributed by atoms with van der Waals surface area (Å²) < 4.78 is 56.1. The maximum Gasteiger partial charge on any atom is 0.329 e. The van der Waals surface area contributed by atoms with Crippen molar-refractivity contribution in [1.29, 1.82) is 0 Å². The second-order valence-corrected chi connectivity index (χ2v) is 11.8. The van der Waals surface area contributed by atoms with Crippen LogP contribution < -0.4 is 15.4 Å². The molecule has 1 heterocycles. The van der Waals surface area contributed by atoms with E-state index in [1.807, 2.05) is 4.72 Å². The minimum absolute atomic E-state index is 0.0660. The molecule has 4 aromatic rings. The first kappa shape index (κ1) is 28.9. The Kier molecular flexibility index (Phi) is 8.30. The first-order valence-electron chi connectivity index (χ1n) is 13.3. The molecule has 1 aliphatic rings. The average Bonchev–Trinajstić information content (AvgIpc) is 3.76. The highest BCUT2D eigenvalue weighted by Gasteiger charge is 2.26. The van der Waals surface area contributed by atoms with Crippen molar-refractivity contribution in [2.45, 2.75) is 43.2 Å². The van der Waals surface area contributed by atoms with Gasteiger partial charge in [-0.25, -0.2) is 26.7 Å². The van der Waals surface area contributed by atoms with Gasteiger partial charge in [-0.2, -0.15) is 0 Å². The van der Waals surface area contributed by atoms with Gasteiger partial charge in [-0.1, -0.05) is 36.4 Å². The number of urea groups is 1. The number of amides is 3. The number of carbonyl (C=O) groups is 2. The molecule has 1 aliphatic carbocycles. The Bertz CT molecular complexity index is 1740. The van der Waals surface area contributed by atoms with Gasteiger partial charge in [0.15, 0.2) is 0 Å². The smallest absolute Gasteiger partial charge is 0.329 e. The Balaban J connectivity index is 1.49. The SMILES string of the molecule is Cc1ccccc1S(=O)(=O)NC(=O)N[C@@H](Cc1cc(F)cc(F)c1)c1ncccc1-c1cccc(C(=O)NC2CC2)c1. The zero-order chi connectivity index (χ0) is 29.9. The lowest BCUT2D eigenvalue weighted by Gasteiger charge is -2.22. The van der Waals surface area contributed by atoms with Crippen molar-refractivity contribution < 1.29 is 26.8 Å². The fourth-order valence-corrected chi connectivity index (χ4v) is 5.83. The molecule has 42 heavy (non-hydrogen) atoms. The number of nitrogens with one attached hydrogen (secondary N) is 3. The molecule has 0 radical (unpaired) electrons. The molecular formula is C31H28F2N4O4S. The fraction of sp³-hybridized carbons (Fsp3) is 0.194. The van der Waals surface area contributed by atoms with Crippen LogP contribution in [0.4, 0.5) is 13.6 Å². The summed E-state index contributed by atoms with van der Waals surface area (Å²) in [6.45, 7) is 1.60. The fourth-order valence-electron chi connectivity index (χ4n) is 4.67. The Morgan fingerprint density at radius 3 is 2.40 bits per heavy atom. The van der Waals surface area contributed by atoms with Crippen LogP contribution in [0.2, 0.25) is 0 Å². The predicted octanol–water partition coefficient (Wildman–Crippen LogP) is 5.20. The first-order chi connectivity index (χ1) is 20.1. The molecule has 1 atom stereocenters. The van der Waals surface area contributed by atoms with Gasteiger partial charge in [-0.05, 0) is 79.3 Å². The molecule has 1 saturated carbocycles. The summed E-state index contributed by atoms with van der Waals surface area (Å²) in [5.41, 5.74) is 2.57. The van der Waals surface area contributed by atoms with Crippen LogP contribution >= 0.6 is 0 Å². The molecule has 0 saturated heterocycles. The Hall–Kier alpha value is -4.64. The molecule has 3 N–H and O–H groups in total. The normalized spacial score (nSPS) is 13.7. The second-order valence-electron chi connectivity index (χ2n) is 10.1. The lowest BCUT2D eigenvalue weighted by molar-refractivity contribution is 0.0951. The Morgan fingerprint density at radius 1 is 0.952 bits per heavy atom. The van der Waals surface area contributed by atoms with E-state index in [-0.39, 0.29) is 28.8 Å². The summed E-state index contributed by atoms with van der Waals surface area (Å²) in [6.07, 6.45) is 3.26. The third-order valence-corrected chi connectivity index (χ3v) is 8.29. The van der Waals surface area contributed by atoms with Gasteiger partial charge in [0.2, 0.25) is 0 Å². The number of nitrogens with zero attached hydrogens (tertiary/aromatic N) is 1. The largest absolute Gasteiger partial charge is 0.349 e. The van der Waals surface area contributed by atoms with E-state index in [0.29, 0.717) is 27.9 Å². The minimum Gasteiger partial charge on any atom is -0.349 e. The van der Waals surface area contributed by atoms with Crippen molar-refractivity contribution in [2.75, 3.05) is 0 Å². The van der Waals surface area contributed by atoms with Crippen LogP contribution in [0.25, 0.3) is 11.1 Å². The van der Waals surface area contributed by atoms with Crippen LogP contribution in [0.5, 0.6) is 0 Å². The van der Waals surface area contributed by atoms with Gasteiger partial charge in [-0.3, -0.25) is 9.78 Å². The lowest BCUT2D eigenvalue weighted by atomic mass is 9.94. The average molecular weight is 591 g/mol. The van der Waals surface area contributed by atoms with E-state index < -0.39 is 33.7 Å². The quantitative estimate of drug-likeness (QED) is 0.248. The number of benzene rings is 3. The molecule has 1 fully saturated rings. The molecule has 5 rings (SSSR count). The summed E-state index contributed by atoms with van der Waals surface area (Å²) in [6, 6.07) is 17.6. The van der Waals surface area contributed by atoms with Crippen LogP contribution in [0.15, 0.2) is 90.0 Å². The van der Waals surface area contributed by atoms with Crippen molar-refractivity contribution in [1.82, 2.24) is 20.3 Å². The highest BCUT2D eigenvalue weighted by Crippen LogP contribution is 2.30. The van der Waals surface area contributed by atoms with Crippen molar-refractivity contribution in [2.24, 2.45) is 0 Å². The van der Waals surface area contributed by atoms with Crippen molar-refractivity contribution in [3.05, 3.63) is 119 Å². The lowest BCUT2D eigenvalue weighted by Crippen LogP contribution is -2.42. The number of hydrogen-bond donors (Lipinski definition) is 3. The van der Waals surface area contributed by atoms with E-state index in [9.17, 15) is 26.8 Å². The van der Waals surface area contributed by atoms with Gasteiger partial charge in [-0.15, -0.1) is 0 Å². The minimum atomic E-state index is -4.23. The van der Waals surface area contributed by atoms with Crippen LogP contribution in [0.3, 0.4) is 0 Å². The highest BCUT2D eigenvalue weighted by atomic mass is 32.2. The number of pyridine rings is 1. The van der Waals surface area contributed by atoms with Crippen LogP contribution in [0, 0.1) is 18.6 Å². The summed E-state index contributed by atoms with van der Waals surface area (Å²) in [5.74, 6) is -1.81. The number of halogens is 2. The number of hydrogen-bond acceptors (Lipinski definition) is 5. The van der Waals surface area contributed by atoms with Gasteiger partial charge in [0.05, 0.1) is 16.6 Å². The Labute approximate surface area is 242 Å². The van der Waals surface area contributed by atoms with E-state index in [2.05, 4.69) is 15.6 Å². The number of aromatic nitrogens is 1. The van der Waals surface area contributed by atoms with Crippen LogP contribution in [-0.4, -0.2) is 31.4 Å². The van der Waals surface area contributed by atoms with Crippen molar-refractivity contribution >= 4 is 22.0 Å². The molecule has 216 valence electrons. The number of rotatable bonds is 9. The summed E-state index contributed by atoms with van der Waals surface area (Å²) >= 11 is 0.